The number of ether oxygens (including phenoxy) is 3. The summed E-state index contributed by atoms with van der Waals surface area (Å²) in [5, 5.41) is 10.0. The molecule has 0 unspecified atom stereocenters. The van der Waals surface area contributed by atoms with Gasteiger partial charge >= 0.3 is 5.97 Å². The number of hydrogen-bond donors (Lipinski definition) is 1. The molecule has 0 fully saturated rings. The highest BCUT2D eigenvalue weighted by Gasteiger charge is 2.25. The van der Waals surface area contributed by atoms with Crippen LogP contribution in [0.2, 0.25) is 0 Å². The van der Waals surface area contributed by atoms with Crippen molar-refractivity contribution >= 4 is 17.3 Å². The van der Waals surface area contributed by atoms with E-state index in [4.69, 9.17) is 24.3 Å². The maximum absolute atomic E-state index is 11.0. The van der Waals surface area contributed by atoms with Crippen molar-refractivity contribution in [3.05, 3.63) is 58.1 Å². The first-order valence-corrected chi connectivity index (χ1v) is 11.5. The highest BCUT2D eigenvalue weighted by atomic mass is 32.1. The van der Waals surface area contributed by atoms with Crippen molar-refractivity contribution in [2.75, 3.05) is 20.8 Å². The molecule has 0 amide bonds. The second-order valence-electron chi connectivity index (χ2n) is 7.88. The number of methoxy groups -OCH3 is 2. The van der Waals surface area contributed by atoms with Crippen molar-refractivity contribution in [1.82, 2.24) is 4.98 Å². The fourth-order valence-corrected chi connectivity index (χ4v) is 5.17. The van der Waals surface area contributed by atoms with Crippen LogP contribution in [0.25, 0.3) is 10.6 Å². The van der Waals surface area contributed by atoms with Gasteiger partial charge in [0.15, 0.2) is 11.5 Å². The Hall–Kier alpha value is -3.06. The minimum absolute atomic E-state index is 0.115. The highest BCUT2D eigenvalue weighted by molar-refractivity contribution is 7.15. The molecule has 0 spiro atoms. The Morgan fingerprint density at radius 3 is 2.72 bits per heavy atom. The van der Waals surface area contributed by atoms with Crippen molar-refractivity contribution in [3.8, 4) is 27.8 Å². The predicted molar refractivity (Wildman–Crippen MR) is 124 cm³/mol. The van der Waals surface area contributed by atoms with E-state index in [2.05, 4.69) is 13.0 Å². The number of aromatic nitrogens is 1. The van der Waals surface area contributed by atoms with E-state index in [9.17, 15) is 4.79 Å². The molecular weight excluding hydrogens is 426 g/mol. The lowest BCUT2D eigenvalue weighted by molar-refractivity contribution is -0.137. The molecule has 1 aliphatic rings. The van der Waals surface area contributed by atoms with E-state index < -0.39 is 5.97 Å². The van der Waals surface area contributed by atoms with Gasteiger partial charge in [0, 0.05) is 16.9 Å². The van der Waals surface area contributed by atoms with Crippen LogP contribution in [0, 0.1) is 6.92 Å². The Labute approximate surface area is 191 Å². The van der Waals surface area contributed by atoms with E-state index in [1.54, 1.807) is 25.6 Å². The fourth-order valence-electron chi connectivity index (χ4n) is 4.21. The minimum Gasteiger partial charge on any atom is -0.493 e. The van der Waals surface area contributed by atoms with Crippen LogP contribution in [-0.4, -0.2) is 36.9 Å². The quantitative estimate of drug-likeness (QED) is 0.476. The summed E-state index contributed by atoms with van der Waals surface area (Å²) < 4.78 is 16.7. The third kappa shape index (κ3) is 4.72. The zero-order valence-corrected chi connectivity index (χ0v) is 19.3. The summed E-state index contributed by atoms with van der Waals surface area (Å²) in [4.78, 5) is 17.0. The van der Waals surface area contributed by atoms with Gasteiger partial charge in [-0.15, -0.1) is 11.3 Å². The molecule has 32 heavy (non-hydrogen) atoms. The number of thiazole rings is 1. The zero-order valence-electron chi connectivity index (χ0n) is 18.5. The Kier molecular flexibility index (Phi) is 6.65. The van der Waals surface area contributed by atoms with Gasteiger partial charge in [-0.05, 0) is 67.1 Å². The van der Waals surface area contributed by atoms with Gasteiger partial charge in [0.2, 0.25) is 0 Å². The van der Waals surface area contributed by atoms with Gasteiger partial charge in [-0.1, -0.05) is 6.07 Å². The van der Waals surface area contributed by atoms with Gasteiger partial charge in [0.1, 0.15) is 10.8 Å². The smallest absolute Gasteiger partial charge is 0.303 e. The molecule has 1 aromatic heterocycles. The summed E-state index contributed by atoms with van der Waals surface area (Å²) in [5.74, 6) is 1.58. The molecule has 1 aliphatic carbocycles. The van der Waals surface area contributed by atoms with Crippen molar-refractivity contribution in [2.45, 2.75) is 38.5 Å². The molecule has 1 atom stereocenters. The normalized spacial score (nSPS) is 14.8. The second-order valence-corrected chi connectivity index (χ2v) is 9.09. The van der Waals surface area contributed by atoms with Crippen LogP contribution < -0.4 is 14.2 Å². The third-order valence-electron chi connectivity index (χ3n) is 5.87. The molecule has 0 aliphatic heterocycles. The van der Waals surface area contributed by atoms with E-state index in [0.29, 0.717) is 24.5 Å². The van der Waals surface area contributed by atoms with Crippen molar-refractivity contribution in [1.29, 1.82) is 0 Å². The molecule has 0 saturated heterocycles. The first-order valence-electron chi connectivity index (χ1n) is 10.6. The lowest BCUT2D eigenvalue weighted by Gasteiger charge is -2.10. The first-order chi connectivity index (χ1) is 15.5. The van der Waals surface area contributed by atoms with Crippen molar-refractivity contribution < 1.29 is 24.1 Å². The van der Waals surface area contributed by atoms with E-state index in [0.717, 1.165) is 40.4 Å². The maximum Gasteiger partial charge on any atom is 0.303 e. The number of nitrogens with zero attached hydrogens (tertiary/aromatic N) is 1. The Morgan fingerprint density at radius 2 is 1.97 bits per heavy atom. The Balaban J connectivity index is 1.39. The van der Waals surface area contributed by atoms with Gasteiger partial charge in [-0.2, -0.15) is 0 Å². The van der Waals surface area contributed by atoms with Crippen LogP contribution in [0.1, 0.15) is 40.5 Å². The number of benzene rings is 2. The predicted octanol–water partition coefficient (Wildman–Crippen LogP) is 5.26. The van der Waals surface area contributed by atoms with Crippen LogP contribution >= 0.6 is 11.3 Å². The summed E-state index contributed by atoms with van der Waals surface area (Å²) in [6.07, 6.45) is 2.71. The summed E-state index contributed by atoms with van der Waals surface area (Å²) in [6.45, 7) is 2.61. The minimum atomic E-state index is -0.741. The van der Waals surface area contributed by atoms with Gasteiger partial charge in [-0.25, -0.2) is 4.98 Å². The van der Waals surface area contributed by atoms with Gasteiger partial charge < -0.3 is 19.3 Å². The summed E-state index contributed by atoms with van der Waals surface area (Å²) >= 11 is 1.66. The topological polar surface area (TPSA) is 77.9 Å². The molecule has 6 nitrogen and oxygen atoms in total. The average Bonchev–Trinajstić information content (AvgIpc) is 3.36. The summed E-state index contributed by atoms with van der Waals surface area (Å²) in [6, 6.07) is 11.8. The van der Waals surface area contributed by atoms with Gasteiger partial charge in [0.05, 0.1) is 32.9 Å². The molecule has 168 valence electrons. The lowest BCUT2D eigenvalue weighted by atomic mass is 9.98. The highest BCUT2D eigenvalue weighted by Crippen LogP contribution is 2.38. The third-order valence-corrected chi connectivity index (χ3v) is 6.93. The number of fused-ring (bicyclic) bond motifs is 1. The number of hydrogen-bond acceptors (Lipinski definition) is 6. The monoisotopic (exact) mass is 453 g/mol. The molecular formula is C25H27NO5S. The Morgan fingerprint density at radius 1 is 1.16 bits per heavy atom. The molecule has 3 aromatic rings. The van der Waals surface area contributed by atoms with E-state index in [-0.39, 0.29) is 12.3 Å². The van der Waals surface area contributed by atoms with Crippen LogP contribution in [0.3, 0.4) is 0 Å². The number of carboxylic acids is 1. The molecule has 0 saturated carbocycles. The summed E-state index contributed by atoms with van der Waals surface area (Å²) in [5.41, 5.74) is 4.38. The average molecular weight is 454 g/mol. The van der Waals surface area contributed by atoms with E-state index in [1.165, 1.54) is 10.4 Å². The van der Waals surface area contributed by atoms with Crippen LogP contribution in [0.15, 0.2) is 36.4 Å². The Bertz CT molecular complexity index is 1120. The maximum atomic E-state index is 11.0. The summed E-state index contributed by atoms with van der Waals surface area (Å²) in [7, 11) is 3.25. The molecule has 7 heteroatoms. The van der Waals surface area contributed by atoms with Gasteiger partial charge in [-0.3, -0.25) is 4.79 Å². The molecule has 0 bridgehead atoms. The molecule has 4 rings (SSSR count). The molecule has 2 aromatic carbocycles. The number of carbonyl (C=O) groups is 1. The molecule has 1 N–H and O–H groups in total. The largest absolute Gasteiger partial charge is 0.493 e. The van der Waals surface area contributed by atoms with Crippen molar-refractivity contribution in [2.24, 2.45) is 0 Å². The van der Waals surface area contributed by atoms with Crippen LogP contribution in [0.5, 0.6) is 17.2 Å². The van der Waals surface area contributed by atoms with Crippen molar-refractivity contribution in [3.63, 3.8) is 0 Å². The zero-order chi connectivity index (χ0) is 22.7. The van der Waals surface area contributed by atoms with E-state index in [1.807, 2.05) is 30.3 Å². The number of rotatable bonds is 9. The fraction of sp³-hybridized carbons (Fsp3) is 0.360. The number of aliphatic carboxylic acids is 1. The molecule has 1 heterocycles. The number of aryl methyl sites for hydroxylation is 2. The van der Waals surface area contributed by atoms with E-state index >= 15 is 0 Å². The first kappa shape index (κ1) is 22.1. The lowest BCUT2D eigenvalue weighted by Crippen LogP contribution is -2.04. The number of carboxylic acid groups (broad SMARTS) is 1. The molecule has 0 radical (unpaired) electrons. The van der Waals surface area contributed by atoms with Gasteiger partial charge in [0.25, 0.3) is 0 Å². The van der Waals surface area contributed by atoms with Crippen LogP contribution in [-0.2, 0) is 17.6 Å². The standard InChI is InChI=1S/C25H27NO5S/c1-15-21(26-25(32-15)18-6-9-22(29-2)23(13-18)30-3)10-11-31-19-7-8-20-16(12-19)4-5-17(20)14-24(27)28/h6-9,12-13,17H,4-5,10-11,14H2,1-3H3,(H,27,28)/t17-/m0/s1. The second kappa shape index (κ2) is 9.61. The SMILES string of the molecule is COc1ccc(-c2nc(CCOc3ccc4c(c3)CC[C@H]4CC(=O)O)c(C)s2)cc1OC. The van der Waals surface area contributed by atoms with Crippen LogP contribution in [0.4, 0.5) is 0 Å².